The lowest BCUT2D eigenvalue weighted by atomic mass is 10.2. The van der Waals surface area contributed by atoms with Gasteiger partial charge in [0.2, 0.25) is 5.65 Å². The zero-order valence-corrected chi connectivity index (χ0v) is 9.17. The van der Waals surface area contributed by atoms with Crippen molar-refractivity contribution in [1.82, 2.24) is 34.8 Å². The lowest BCUT2D eigenvalue weighted by Crippen LogP contribution is -2.03. The van der Waals surface area contributed by atoms with Crippen molar-refractivity contribution in [1.29, 1.82) is 0 Å². The third kappa shape index (κ3) is 1.15. The fraction of sp³-hybridized carbons (Fsp3) is 0. The molecule has 0 saturated heterocycles. The summed E-state index contributed by atoms with van der Waals surface area (Å²) in [6.07, 6.45) is 5.25. The summed E-state index contributed by atoms with van der Waals surface area (Å²) in [7, 11) is 0. The van der Waals surface area contributed by atoms with Crippen molar-refractivity contribution in [3.8, 4) is 5.82 Å². The van der Waals surface area contributed by atoms with Gasteiger partial charge in [-0.15, -0.1) is 14.8 Å². The van der Waals surface area contributed by atoms with E-state index in [1.165, 1.54) is 4.63 Å². The largest absolute Gasteiger partial charge is 0.288 e. The summed E-state index contributed by atoms with van der Waals surface area (Å²) in [5.41, 5.74) is 0.648. The first-order valence-electron chi connectivity index (χ1n) is 5.39. The van der Waals surface area contributed by atoms with Gasteiger partial charge >= 0.3 is 0 Å². The van der Waals surface area contributed by atoms with Crippen LogP contribution in [0.5, 0.6) is 0 Å². The van der Waals surface area contributed by atoms with E-state index in [4.69, 9.17) is 0 Å². The number of fused-ring (bicyclic) bond motifs is 3. The van der Waals surface area contributed by atoms with Gasteiger partial charge in [0, 0.05) is 23.2 Å². The van der Waals surface area contributed by atoms with Gasteiger partial charge in [0.25, 0.3) is 0 Å². The van der Waals surface area contributed by atoms with Gasteiger partial charge in [0.1, 0.15) is 6.33 Å². The highest BCUT2D eigenvalue weighted by molar-refractivity contribution is 5.97. The van der Waals surface area contributed by atoms with Crippen LogP contribution in [0.2, 0.25) is 0 Å². The smallest absolute Gasteiger partial charge is 0.207 e. The van der Waals surface area contributed by atoms with Gasteiger partial charge in [-0.2, -0.15) is 0 Å². The first-order valence-corrected chi connectivity index (χ1v) is 5.39. The van der Waals surface area contributed by atoms with E-state index in [9.17, 15) is 0 Å². The van der Waals surface area contributed by atoms with Gasteiger partial charge in [-0.05, 0) is 10.4 Å². The number of aromatic nitrogens is 7. The molecule has 0 radical (unpaired) electrons. The molecule has 7 heteroatoms. The van der Waals surface area contributed by atoms with E-state index in [-0.39, 0.29) is 0 Å². The Morgan fingerprint density at radius 2 is 1.94 bits per heavy atom. The van der Waals surface area contributed by atoms with Crippen LogP contribution in [0.3, 0.4) is 0 Å². The summed E-state index contributed by atoms with van der Waals surface area (Å²) in [6, 6.07) is 7.88. The second-order valence-corrected chi connectivity index (χ2v) is 3.83. The topological polar surface area (TPSA) is 73.8 Å². The summed E-state index contributed by atoms with van der Waals surface area (Å²) < 4.78 is 3.26. The molecule has 0 N–H and O–H groups in total. The van der Waals surface area contributed by atoms with E-state index >= 15 is 0 Å². The number of tetrazole rings is 1. The quantitative estimate of drug-likeness (QED) is 0.491. The molecule has 0 fully saturated rings. The molecule has 3 aromatic heterocycles. The van der Waals surface area contributed by atoms with E-state index in [2.05, 4.69) is 25.6 Å². The molecule has 0 saturated carbocycles. The van der Waals surface area contributed by atoms with Crippen LogP contribution in [-0.4, -0.2) is 34.8 Å². The van der Waals surface area contributed by atoms with E-state index in [1.54, 1.807) is 12.5 Å². The number of rotatable bonds is 1. The first kappa shape index (κ1) is 9.23. The van der Waals surface area contributed by atoms with Gasteiger partial charge in [-0.3, -0.25) is 4.57 Å². The van der Waals surface area contributed by atoms with Gasteiger partial charge in [0.05, 0.1) is 0 Å². The van der Waals surface area contributed by atoms with Gasteiger partial charge < -0.3 is 0 Å². The highest BCUT2D eigenvalue weighted by Gasteiger charge is 2.11. The molecular weight excluding hydrogens is 230 g/mol. The highest BCUT2D eigenvalue weighted by Crippen LogP contribution is 2.22. The molecular formula is C11H7N7. The molecule has 18 heavy (non-hydrogen) atoms. The molecule has 0 spiro atoms. The van der Waals surface area contributed by atoms with Crippen LogP contribution in [0, 0.1) is 0 Å². The van der Waals surface area contributed by atoms with Crippen molar-refractivity contribution in [2.45, 2.75) is 0 Å². The minimum absolute atomic E-state index is 0.648. The number of benzene rings is 1. The fourth-order valence-electron chi connectivity index (χ4n) is 2.00. The van der Waals surface area contributed by atoms with Crippen molar-refractivity contribution in [2.24, 2.45) is 0 Å². The second kappa shape index (κ2) is 3.33. The predicted molar refractivity (Wildman–Crippen MR) is 63.2 cm³/mol. The van der Waals surface area contributed by atoms with Crippen LogP contribution < -0.4 is 0 Å². The van der Waals surface area contributed by atoms with Crippen LogP contribution >= 0.6 is 0 Å². The molecule has 4 aromatic rings. The summed E-state index contributed by atoms with van der Waals surface area (Å²) in [6.45, 7) is 0. The standard InChI is InChI=1S/C11H7N7/c1-2-4-9-8(3-1)10-13-15-16-18(10)14-11(9)17-6-5-12-7-17/h1-7H. The molecule has 0 aliphatic carbocycles. The molecule has 0 atom stereocenters. The van der Waals surface area contributed by atoms with E-state index in [0.29, 0.717) is 5.65 Å². The SMILES string of the molecule is c1ccc2c(c1)c(-n1ccnc1)nn1nnnc21. The second-order valence-electron chi connectivity index (χ2n) is 3.83. The Balaban J connectivity index is 2.23. The van der Waals surface area contributed by atoms with Gasteiger partial charge in [0.15, 0.2) is 5.82 Å². The maximum absolute atomic E-state index is 4.41. The van der Waals surface area contributed by atoms with Crippen molar-refractivity contribution in [3.63, 3.8) is 0 Å². The third-order valence-corrected chi connectivity index (χ3v) is 2.80. The highest BCUT2D eigenvalue weighted by atomic mass is 15.6. The monoisotopic (exact) mass is 237 g/mol. The predicted octanol–water partition coefficient (Wildman–Crippen LogP) is 0.858. The van der Waals surface area contributed by atoms with Crippen LogP contribution in [0.15, 0.2) is 43.0 Å². The lowest BCUT2D eigenvalue weighted by Gasteiger charge is -2.05. The summed E-state index contributed by atoms with van der Waals surface area (Å²) in [5.74, 6) is 0.753. The molecule has 4 rings (SSSR count). The summed E-state index contributed by atoms with van der Waals surface area (Å²) in [4.78, 5) is 4.04. The van der Waals surface area contributed by atoms with Gasteiger partial charge in [-0.1, -0.05) is 24.3 Å². The zero-order chi connectivity index (χ0) is 11.9. The van der Waals surface area contributed by atoms with Crippen LogP contribution in [0.1, 0.15) is 0 Å². The van der Waals surface area contributed by atoms with Crippen molar-refractivity contribution < 1.29 is 0 Å². The Bertz CT molecular complexity index is 831. The Labute approximate surface area is 101 Å². The Morgan fingerprint density at radius 1 is 1.06 bits per heavy atom. The molecule has 0 amide bonds. The van der Waals surface area contributed by atoms with Crippen molar-refractivity contribution in [2.75, 3.05) is 0 Å². The molecule has 86 valence electrons. The Kier molecular flexibility index (Phi) is 1.71. The minimum atomic E-state index is 0.648. The number of hydrogen-bond acceptors (Lipinski definition) is 5. The molecule has 0 aliphatic heterocycles. The molecule has 0 aliphatic rings. The van der Waals surface area contributed by atoms with E-state index in [1.807, 2.05) is 35.0 Å². The average molecular weight is 237 g/mol. The molecule has 1 aromatic carbocycles. The maximum Gasteiger partial charge on any atom is 0.207 e. The number of nitrogens with zero attached hydrogens (tertiary/aromatic N) is 7. The minimum Gasteiger partial charge on any atom is -0.288 e. The normalized spacial score (nSPS) is 11.3. The molecule has 7 nitrogen and oxygen atoms in total. The van der Waals surface area contributed by atoms with Crippen LogP contribution in [0.25, 0.3) is 22.2 Å². The van der Waals surface area contributed by atoms with E-state index < -0.39 is 0 Å². The molecule has 0 unspecified atom stereocenters. The average Bonchev–Trinajstić information content (AvgIpc) is 3.09. The number of imidazole rings is 1. The van der Waals surface area contributed by atoms with Gasteiger partial charge in [-0.25, -0.2) is 4.98 Å². The first-order chi connectivity index (χ1) is 8.93. The fourth-order valence-corrected chi connectivity index (χ4v) is 2.00. The third-order valence-electron chi connectivity index (χ3n) is 2.80. The maximum atomic E-state index is 4.41. The van der Waals surface area contributed by atoms with Crippen molar-refractivity contribution >= 4 is 16.4 Å². The van der Waals surface area contributed by atoms with Crippen LogP contribution in [0.4, 0.5) is 0 Å². The Hall–Kier alpha value is -2.83. The summed E-state index contributed by atoms with van der Waals surface area (Å²) >= 11 is 0. The zero-order valence-electron chi connectivity index (χ0n) is 9.17. The Morgan fingerprint density at radius 3 is 2.78 bits per heavy atom. The van der Waals surface area contributed by atoms with E-state index in [0.717, 1.165) is 16.6 Å². The molecule has 3 heterocycles. The summed E-state index contributed by atoms with van der Waals surface area (Å²) in [5, 5.41) is 17.8. The molecule has 0 bridgehead atoms. The number of hydrogen-bond donors (Lipinski definition) is 0. The van der Waals surface area contributed by atoms with Crippen molar-refractivity contribution in [3.05, 3.63) is 43.0 Å². The lowest BCUT2D eigenvalue weighted by molar-refractivity contribution is 0.722. The van der Waals surface area contributed by atoms with Crippen LogP contribution in [-0.2, 0) is 0 Å².